The molecule has 6 heteroatoms. The summed E-state index contributed by atoms with van der Waals surface area (Å²) in [5.74, 6) is -0.999. The van der Waals surface area contributed by atoms with Gasteiger partial charge in [0.2, 0.25) is 10.0 Å². The summed E-state index contributed by atoms with van der Waals surface area (Å²) in [6.45, 7) is 2.32. The van der Waals surface area contributed by atoms with Crippen LogP contribution < -0.4 is 0 Å². The summed E-state index contributed by atoms with van der Waals surface area (Å²) in [5.41, 5.74) is 0.774. The number of nitrogens with zero attached hydrogens (tertiary/aromatic N) is 1. The van der Waals surface area contributed by atoms with E-state index in [0.29, 0.717) is 32.2 Å². The predicted octanol–water partition coefficient (Wildman–Crippen LogP) is 1.42. The first-order valence-electron chi connectivity index (χ1n) is 7.59. The molecule has 22 heavy (non-hydrogen) atoms. The molecule has 1 aromatic carbocycles. The van der Waals surface area contributed by atoms with Crippen LogP contribution in [0.1, 0.15) is 30.9 Å². The van der Waals surface area contributed by atoms with Crippen LogP contribution in [0.15, 0.2) is 24.3 Å². The molecule has 2 bridgehead atoms. The smallest absolute Gasteiger partial charge is 0.325 e. The Labute approximate surface area is 130 Å². The summed E-state index contributed by atoms with van der Waals surface area (Å²) in [7, 11) is -3.60. The van der Waals surface area contributed by atoms with Gasteiger partial charge in [0.25, 0.3) is 0 Å². The molecule has 5 rings (SSSR count). The third-order valence-electron chi connectivity index (χ3n) is 5.58. The van der Waals surface area contributed by atoms with Crippen LogP contribution in [0.5, 0.6) is 0 Å². The molecule has 0 aromatic heterocycles. The largest absolute Gasteiger partial charge is 0.480 e. The molecule has 1 aromatic rings. The fourth-order valence-electron chi connectivity index (χ4n) is 4.65. The first kappa shape index (κ1) is 14.2. The lowest BCUT2D eigenvalue weighted by molar-refractivity contribution is -0.151. The number of carboxylic acids is 1. The van der Waals surface area contributed by atoms with Crippen molar-refractivity contribution in [2.24, 2.45) is 5.41 Å². The number of benzene rings is 1. The highest BCUT2D eigenvalue weighted by atomic mass is 32.2. The number of fused-ring (bicyclic) bond motifs is 2. The molecule has 4 aliphatic rings. The Kier molecular flexibility index (Phi) is 2.66. The lowest BCUT2D eigenvalue weighted by atomic mass is 9.63. The van der Waals surface area contributed by atoms with Crippen LogP contribution in [0.3, 0.4) is 0 Å². The first-order chi connectivity index (χ1) is 10.3. The Morgan fingerprint density at radius 1 is 1.23 bits per heavy atom. The number of sulfonamides is 1. The molecule has 2 aliphatic carbocycles. The zero-order valence-corrected chi connectivity index (χ0v) is 13.3. The highest BCUT2D eigenvalue weighted by molar-refractivity contribution is 7.89. The van der Waals surface area contributed by atoms with Gasteiger partial charge in [-0.25, -0.2) is 8.42 Å². The van der Waals surface area contributed by atoms with Crippen molar-refractivity contribution in [2.45, 2.75) is 43.4 Å². The van der Waals surface area contributed by atoms with Crippen molar-refractivity contribution >= 4 is 16.0 Å². The maximum atomic E-state index is 13.1. The average molecular weight is 321 g/mol. The van der Waals surface area contributed by atoms with Crippen LogP contribution in [0.2, 0.25) is 0 Å². The van der Waals surface area contributed by atoms with Crippen LogP contribution in [-0.2, 0) is 27.7 Å². The van der Waals surface area contributed by atoms with Crippen LogP contribution in [0.4, 0.5) is 0 Å². The normalized spacial score (nSPS) is 34.4. The molecule has 0 unspecified atom stereocenters. The van der Waals surface area contributed by atoms with Gasteiger partial charge in [-0.05, 0) is 42.2 Å². The highest BCUT2D eigenvalue weighted by Crippen LogP contribution is 2.60. The highest BCUT2D eigenvalue weighted by Gasteiger charge is 2.71. The minimum absolute atomic E-state index is 0.170. The van der Waals surface area contributed by atoms with E-state index in [1.165, 1.54) is 4.31 Å². The van der Waals surface area contributed by atoms with Crippen molar-refractivity contribution in [3.63, 3.8) is 0 Å². The van der Waals surface area contributed by atoms with E-state index >= 15 is 0 Å². The second-order valence-corrected chi connectivity index (χ2v) is 9.49. The fourth-order valence-corrected chi connectivity index (χ4v) is 6.97. The van der Waals surface area contributed by atoms with Gasteiger partial charge in [-0.3, -0.25) is 4.79 Å². The zero-order chi connectivity index (χ0) is 15.8. The van der Waals surface area contributed by atoms with Gasteiger partial charge in [0, 0.05) is 6.54 Å². The molecule has 5 nitrogen and oxygen atoms in total. The van der Waals surface area contributed by atoms with Crippen molar-refractivity contribution in [2.75, 3.05) is 6.54 Å². The van der Waals surface area contributed by atoms with Gasteiger partial charge in [0.1, 0.15) is 5.54 Å². The summed E-state index contributed by atoms with van der Waals surface area (Å²) in [5, 5.41) is 9.04. The van der Waals surface area contributed by atoms with Gasteiger partial charge in [0.15, 0.2) is 0 Å². The molecule has 0 radical (unpaired) electrons. The van der Waals surface area contributed by atoms with Gasteiger partial charge in [-0.15, -0.1) is 0 Å². The van der Waals surface area contributed by atoms with Gasteiger partial charge in [-0.2, -0.15) is 4.31 Å². The maximum absolute atomic E-state index is 13.1. The molecule has 2 heterocycles. The molecule has 3 fully saturated rings. The van der Waals surface area contributed by atoms with E-state index in [1.807, 2.05) is 31.2 Å². The topological polar surface area (TPSA) is 74.7 Å². The van der Waals surface area contributed by atoms with E-state index in [-0.39, 0.29) is 5.41 Å². The van der Waals surface area contributed by atoms with Crippen molar-refractivity contribution in [1.82, 2.24) is 4.31 Å². The lowest BCUT2D eigenvalue weighted by Crippen LogP contribution is -2.57. The van der Waals surface area contributed by atoms with Crippen LogP contribution >= 0.6 is 0 Å². The number of hydrogen-bond acceptors (Lipinski definition) is 3. The Balaban J connectivity index is 1.67. The number of rotatable bonds is 3. The van der Waals surface area contributed by atoms with Crippen molar-refractivity contribution in [1.29, 1.82) is 0 Å². The maximum Gasteiger partial charge on any atom is 0.325 e. The average Bonchev–Trinajstić information content (AvgIpc) is 3.05. The van der Waals surface area contributed by atoms with Crippen molar-refractivity contribution in [3.8, 4) is 0 Å². The number of hydrogen-bond donors (Lipinski definition) is 1. The molecular weight excluding hydrogens is 302 g/mol. The molecule has 1 N–H and O–H groups in total. The van der Waals surface area contributed by atoms with Crippen molar-refractivity contribution < 1.29 is 18.3 Å². The molecule has 0 atom stereocenters. The van der Waals surface area contributed by atoms with E-state index in [0.717, 1.165) is 11.1 Å². The molecule has 118 valence electrons. The summed E-state index contributed by atoms with van der Waals surface area (Å²) in [4.78, 5) is 11.7. The summed E-state index contributed by atoms with van der Waals surface area (Å²) < 4.78 is 27.4. The minimum atomic E-state index is -3.60. The first-order valence-corrected chi connectivity index (χ1v) is 9.09. The molecule has 2 aliphatic heterocycles. The standard InChI is InChI=1S/C16H19NO4S/c1-15-8-16(9-15,14(18)19)17(10-15)22(20,21)13-6-11-4-2-3-5-12(11)7-13/h2-5,13H,6-10H2,1H3,(H,18,19). The van der Waals surface area contributed by atoms with Gasteiger partial charge in [-0.1, -0.05) is 31.2 Å². The molecule has 1 saturated carbocycles. The molecule has 0 spiro atoms. The Morgan fingerprint density at radius 3 is 2.27 bits per heavy atom. The van der Waals surface area contributed by atoms with E-state index < -0.39 is 26.8 Å². The van der Waals surface area contributed by atoms with Crippen LogP contribution in [0.25, 0.3) is 0 Å². The third kappa shape index (κ3) is 1.68. The minimum Gasteiger partial charge on any atom is -0.480 e. The summed E-state index contributed by atoms with van der Waals surface area (Å²) in [6.07, 6.45) is 1.85. The number of aliphatic carboxylic acids is 1. The van der Waals surface area contributed by atoms with E-state index in [9.17, 15) is 18.3 Å². The van der Waals surface area contributed by atoms with E-state index in [1.54, 1.807) is 0 Å². The second-order valence-electron chi connectivity index (χ2n) is 7.35. The Morgan fingerprint density at radius 2 is 1.77 bits per heavy atom. The van der Waals surface area contributed by atoms with E-state index in [2.05, 4.69) is 0 Å². The van der Waals surface area contributed by atoms with Gasteiger partial charge >= 0.3 is 5.97 Å². The van der Waals surface area contributed by atoms with E-state index in [4.69, 9.17) is 0 Å². The zero-order valence-electron chi connectivity index (χ0n) is 12.4. The predicted molar refractivity (Wildman–Crippen MR) is 81.0 cm³/mol. The molecule has 2 saturated heterocycles. The van der Waals surface area contributed by atoms with Crippen LogP contribution in [0, 0.1) is 5.41 Å². The Bertz CT molecular complexity index is 739. The molecule has 0 amide bonds. The SMILES string of the molecule is CC12CN(S(=O)(=O)C3Cc4ccccc4C3)C(C(=O)O)(C1)C2. The number of carboxylic acid groups (broad SMARTS) is 1. The lowest BCUT2D eigenvalue weighted by Gasteiger charge is -2.42. The van der Waals surface area contributed by atoms with Crippen LogP contribution in [-0.4, -0.2) is 41.1 Å². The quantitative estimate of drug-likeness (QED) is 0.914. The Hall–Kier alpha value is -1.40. The monoisotopic (exact) mass is 321 g/mol. The third-order valence-corrected chi connectivity index (χ3v) is 7.85. The van der Waals surface area contributed by atoms with Crippen molar-refractivity contribution in [3.05, 3.63) is 35.4 Å². The fraction of sp³-hybridized carbons (Fsp3) is 0.562. The summed E-state index contributed by atoms with van der Waals surface area (Å²) in [6, 6.07) is 7.76. The number of carbonyl (C=O) groups is 1. The molecular formula is C16H19NO4S. The van der Waals surface area contributed by atoms with Gasteiger partial charge in [0.05, 0.1) is 5.25 Å². The second kappa shape index (κ2) is 4.11. The summed E-state index contributed by atoms with van der Waals surface area (Å²) >= 11 is 0. The van der Waals surface area contributed by atoms with Gasteiger partial charge < -0.3 is 5.11 Å².